The van der Waals surface area contributed by atoms with Gasteiger partial charge in [-0.1, -0.05) is 6.92 Å². The smallest absolute Gasteiger partial charge is 0.123 e. The van der Waals surface area contributed by atoms with Gasteiger partial charge in [0.15, 0.2) is 0 Å². The molecule has 0 saturated carbocycles. The molecule has 1 unspecified atom stereocenters. The molecule has 2 nitrogen and oxygen atoms in total. The van der Waals surface area contributed by atoms with E-state index in [1.807, 2.05) is 6.92 Å². The molecule has 84 valence electrons. The third-order valence-electron chi connectivity index (χ3n) is 2.37. The van der Waals surface area contributed by atoms with E-state index in [4.69, 9.17) is 5.11 Å². The van der Waals surface area contributed by atoms with E-state index in [1.54, 1.807) is 18.3 Å². The zero-order valence-corrected chi connectivity index (χ0v) is 9.67. The summed E-state index contributed by atoms with van der Waals surface area (Å²) >= 11 is 1.53. The molecule has 16 heavy (non-hydrogen) atoms. The number of benzene rings is 1. The number of halogens is 1. The Balaban J connectivity index is 2.28. The van der Waals surface area contributed by atoms with Crippen LogP contribution in [0.4, 0.5) is 4.39 Å². The van der Waals surface area contributed by atoms with Crippen LogP contribution in [0, 0.1) is 5.82 Å². The minimum atomic E-state index is -0.246. The molecule has 4 heteroatoms. The van der Waals surface area contributed by atoms with Crippen LogP contribution in [0.15, 0.2) is 30.5 Å². The Kier molecular flexibility index (Phi) is 3.31. The van der Waals surface area contributed by atoms with E-state index in [9.17, 15) is 4.39 Å². The highest BCUT2D eigenvalue weighted by Crippen LogP contribution is 2.29. The Labute approximate surface area is 97.4 Å². The Morgan fingerprint density at radius 1 is 1.38 bits per heavy atom. The molecular weight excluding hydrogens is 225 g/mol. The Morgan fingerprint density at radius 3 is 2.69 bits per heavy atom. The lowest BCUT2D eigenvalue weighted by molar-refractivity contribution is 0.274. The minimum Gasteiger partial charge on any atom is -0.396 e. The van der Waals surface area contributed by atoms with Crippen molar-refractivity contribution < 1.29 is 9.50 Å². The van der Waals surface area contributed by atoms with Crippen molar-refractivity contribution in [2.75, 3.05) is 6.61 Å². The van der Waals surface area contributed by atoms with Gasteiger partial charge in [0.05, 0.1) is 6.61 Å². The first-order valence-electron chi connectivity index (χ1n) is 5.03. The molecular formula is C12H12FNOS. The van der Waals surface area contributed by atoms with Gasteiger partial charge in [-0.3, -0.25) is 0 Å². The van der Waals surface area contributed by atoms with Gasteiger partial charge in [0.2, 0.25) is 0 Å². The molecule has 1 aromatic heterocycles. The molecule has 1 heterocycles. The maximum absolute atomic E-state index is 12.7. The van der Waals surface area contributed by atoms with Crippen LogP contribution in [0.25, 0.3) is 10.6 Å². The lowest BCUT2D eigenvalue weighted by Gasteiger charge is -2.01. The number of aliphatic hydroxyl groups is 1. The summed E-state index contributed by atoms with van der Waals surface area (Å²) in [6.45, 7) is 2.06. The van der Waals surface area contributed by atoms with E-state index in [1.165, 1.54) is 23.5 Å². The Morgan fingerprint density at radius 2 is 2.06 bits per heavy atom. The topological polar surface area (TPSA) is 33.1 Å². The van der Waals surface area contributed by atoms with Crippen LogP contribution in [-0.2, 0) is 0 Å². The zero-order chi connectivity index (χ0) is 11.5. The molecule has 0 aliphatic heterocycles. The second kappa shape index (κ2) is 4.72. The molecule has 0 fully saturated rings. The maximum Gasteiger partial charge on any atom is 0.123 e. The first kappa shape index (κ1) is 11.2. The van der Waals surface area contributed by atoms with Gasteiger partial charge in [0, 0.05) is 22.6 Å². The second-order valence-electron chi connectivity index (χ2n) is 3.66. The number of rotatable bonds is 3. The van der Waals surface area contributed by atoms with Gasteiger partial charge in [-0.25, -0.2) is 9.37 Å². The number of aromatic nitrogens is 1. The highest BCUT2D eigenvalue weighted by molar-refractivity contribution is 7.15. The van der Waals surface area contributed by atoms with Crippen LogP contribution in [-0.4, -0.2) is 16.7 Å². The van der Waals surface area contributed by atoms with Crippen molar-refractivity contribution in [1.29, 1.82) is 0 Å². The number of aliphatic hydroxyl groups excluding tert-OH is 1. The standard InChI is InChI=1S/C12H12FNOS/c1-8(7-15)11-6-14-12(16-11)9-2-4-10(13)5-3-9/h2-6,8,15H,7H2,1H3. The fourth-order valence-corrected chi connectivity index (χ4v) is 2.29. The molecule has 2 aromatic rings. The average Bonchev–Trinajstić information content (AvgIpc) is 2.78. The number of nitrogens with zero attached hydrogens (tertiary/aromatic N) is 1. The van der Waals surface area contributed by atoms with Gasteiger partial charge in [-0.2, -0.15) is 0 Å². The van der Waals surface area contributed by atoms with Crippen LogP contribution in [0.1, 0.15) is 17.7 Å². The molecule has 2 rings (SSSR count). The second-order valence-corrected chi connectivity index (χ2v) is 4.72. The zero-order valence-electron chi connectivity index (χ0n) is 8.85. The van der Waals surface area contributed by atoms with Crippen LogP contribution in [0.3, 0.4) is 0 Å². The van der Waals surface area contributed by atoms with Crippen molar-refractivity contribution in [2.24, 2.45) is 0 Å². The lowest BCUT2D eigenvalue weighted by atomic mass is 10.2. The van der Waals surface area contributed by atoms with Gasteiger partial charge in [0.25, 0.3) is 0 Å². The first-order valence-corrected chi connectivity index (χ1v) is 5.85. The average molecular weight is 237 g/mol. The molecule has 1 N–H and O–H groups in total. The van der Waals surface area contributed by atoms with E-state index in [0.29, 0.717) is 0 Å². The quantitative estimate of drug-likeness (QED) is 0.890. The van der Waals surface area contributed by atoms with Crippen molar-refractivity contribution in [3.63, 3.8) is 0 Å². The number of thiazole rings is 1. The van der Waals surface area contributed by atoms with E-state index in [2.05, 4.69) is 4.98 Å². The van der Waals surface area contributed by atoms with Crippen molar-refractivity contribution in [3.05, 3.63) is 41.2 Å². The monoisotopic (exact) mass is 237 g/mol. The molecule has 0 radical (unpaired) electrons. The van der Waals surface area contributed by atoms with Gasteiger partial charge in [0.1, 0.15) is 10.8 Å². The summed E-state index contributed by atoms with van der Waals surface area (Å²) in [6, 6.07) is 6.26. The van der Waals surface area contributed by atoms with Crippen molar-refractivity contribution in [2.45, 2.75) is 12.8 Å². The molecule has 1 atom stereocenters. The molecule has 0 aliphatic rings. The van der Waals surface area contributed by atoms with Crippen LogP contribution < -0.4 is 0 Å². The molecule has 0 spiro atoms. The fraction of sp³-hybridized carbons (Fsp3) is 0.250. The molecule has 0 bridgehead atoms. The summed E-state index contributed by atoms with van der Waals surface area (Å²) in [5.74, 6) is -0.143. The summed E-state index contributed by atoms with van der Waals surface area (Å²) in [5, 5.41) is 9.89. The van der Waals surface area contributed by atoms with Gasteiger partial charge in [-0.15, -0.1) is 11.3 Å². The van der Waals surface area contributed by atoms with Crippen molar-refractivity contribution in [1.82, 2.24) is 4.98 Å². The predicted molar refractivity (Wildman–Crippen MR) is 63.0 cm³/mol. The van der Waals surface area contributed by atoms with Crippen LogP contribution in [0.5, 0.6) is 0 Å². The first-order chi connectivity index (χ1) is 7.70. The van der Waals surface area contributed by atoms with Gasteiger partial charge < -0.3 is 5.11 Å². The Bertz CT molecular complexity index is 466. The third-order valence-corrected chi connectivity index (χ3v) is 3.65. The summed E-state index contributed by atoms with van der Waals surface area (Å²) in [7, 11) is 0. The number of hydrogen-bond donors (Lipinski definition) is 1. The van der Waals surface area contributed by atoms with Crippen LogP contribution >= 0.6 is 11.3 Å². The van der Waals surface area contributed by atoms with E-state index in [-0.39, 0.29) is 18.3 Å². The highest BCUT2D eigenvalue weighted by Gasteiger charge is 2.09. The van der Waals surface area contributed by atoms with Gasteiger partial charge in [-0.05, 0) is 24.3 Å². The number of hydrogen-bond acceptors (Lipinski definition) is 3. The lowest BCUT2D eigenvalue weighted by Crippen LogP contribution is -1.94. The maximum atomic E-state index is 12.7. The minimum absolute atomic E-state index is 0.103. The summed E-state index contributed by atoms with van der Waals surface area (Å²) in [5.41, 5.74) is 0.905. The van der Waals surface area contributed by atoms with Gasteiger partial charge >= 0.3 is 0 Å². The SMILES string of the molecule is CC(CO)c1cnc(-c2ccc(F)cc2)s1. The fourth-order valence-electron chi connectivity index (χ4n) is 1.33. The molecule has 0 amide bonds. The Hall–Kier alpha value is -1.26. The normalized spacial score (nSPS) is 12.7. The third kappa shape index (κ3) is 2.28. The van der Waals surface area contributed by atoms with E-state index in [0.717, 1.165) is 15.4 Å². The summed E-state index contributed by atoms with van der Waals surface area (Å²) in [6.07, 6.45) is 1.77. The molecule has 0 aliphatic carbocycles. The summed E-state index contributed by atoms with van der Waals surface area (Å²) in [4.78, 5) is 5.31. The van der Waals surface area contributed by atoms with E-state index >= 15 is 0 Å². The summed E-state index contributed by atoms with van der Waals surface area (Å²) < 4.78 is 12.7. The van der Waals surface area contributed by atoms with Crippen LogP contribution in [0.2, 0.25) is 0 Å². The van der Waals surface area contributed by atoms with Crippen molar-refractivity contribution in [3.8, 4) is 10.6 Å². The highest BCUT2D eigenvalue weighted by atomic mass is 32.1. The van der Waals surface area contributed by atoms with E-state index < -0.39 is 0 Å². The van der Waals surface area contributed by atoms with Crippen molar-refractivity contribution >= 4 is 11.3 Å². The molecule has 0 saturated heterocycles. The molecule has 1 aromatic carbocycles. The largest absolute Gasteiger partial charge is 0.396 e. The predicted octanol–water partition coefficient (Wildman–Crippen LogP) is 3.05.